The van der Waals surface area contributed by atoms with E-state index < -0.39 is 0 Å². The topological polar surface area (TPSA) is 40.2 Å². The van der Waals surface area contributed by atoms with Crippen molar-refractivity contribution in [1.29, 1.82) is 0 Å². The van der Waals surface area contributed by atoms with Crippen molar-refractivity contribution in [3.05, 3.63) is 46.5 Å². The van der Waals surface area contributed by atoms with Gasteiger partial charge in [0.25, 0.3) is 0 Å². The third-order valence-electron chi connectivity index (χ3n) is 6.03. The Bertz CT molecular complexity index is 879. The zero-order chi connectivity index (χ0) is 17.8. The molecule has 0 amide bonds. The predicted molar refractivity (Wildman–Crippen MR) is 97.4 cm³/mol. The molecule has 2 aromatic carbocycles. The molecule has 2 aromatic rings. The van der Waals surface area contributed by atoms with E-state index in [1.54, 1.807) is 14.2 Å². The maximum Gasteiger partial charge on any atom is 0.231 e. The molecule has 3 heterocycles. The Labute approximate surface area is 153 Å². The second kappa shape index (κ2) is 5.81. The van der Waals surface area contributed by atoms with Gasteiger partial charge in [0.1, 0.15) is 0 Å². The van der Waals surface area contributed by atoms with Gasteiger partial charge < -0.3 is 18.9 Å². The maximum absolute atomic E-state index is 5.78. The van der Waals surface area contributed by atoms with E-state index >= 15 is 0 Å². The van der Waals surface area contributed by atoms with Gasteiger partial charge in [0.15, 0.2) is 23.0 Å². The Hall–Kier alpha value is -2.40. The van der Waals surface area contributed by atoms with E-state index in [0.29, 0.717) is 18.8 Å². The normalized spacial score (nSPS) is 23.0. The van der Waals surface area contributed by atoms with Crippen LogP contribution >= 0.6 is 0 Å². The standard InChI is InChI=1S/C21H23NO4/c1-12-14-4-5-17-21(26-11-25-17)16(14)10-22-7-6-13-8-18(23-2)19(24-3)9-15(13)20(12)22/h4-5,8-9,12,20H,6-7,10-11H2,1-3H3. The van der Waals surface area contributed by atoms with Crippen molar-refractivity contribution in [2.24, 2.45) is 0 Å². The highest BCUT2D eigenvalue weighted by Gasteiger charge is 2.40. The van der Waals surface area contributed by atoms with E-state index in [0.717, 1.165) is 42.5 Å². The minimum absolute atomic E-state index is 0.323. The monoisotopic (exact) mass is 353 g/mol. The molecule has 26 heavy (non-hydrogen) atoms. The number of methoxy groups -OCH3 is 2. The summed E-state index contributed by atoms with van der Waals surface area (Å²) >= 11 is 0. The lowest BCUT2D eigenvalue weighted by Gasteiger charge is -2.45. The molecule has 0 aliphatic carbocycles. The van der Waals surface area contributed by atoms with Crippen LogP contribution in [0.15, 0.2) is 24.3 Å². The highest BCUT2D eigenvalue weighted by Crippen LogP contribution is 2.51. The SMILES string of the molecule is COc1cc2c(cc1OC)C1C(C)c3ccc4c(c3CN1CC2)OCO4. The minimum Gasteiger partial charge on any atom is -0.493 e. The van der Waals surface area contributed by atoms with Crippen molar-refractivity contribution in [2.45, 2.75) is 31.8 Å². The predicted octanol–water partition coefficient (Wildman–Crippen LogP) is 3.65. The van der Waals surface area contributed by atoms with Crippen LogP contribution < -0.4 is 18.9 Å². The number of hydrogen-bond acceptors (Lipinski definition) is 5. The van der Waals surface area contributed by atoms with Crippen LogP contribution in [0.25, 0.3) is 0 Å². The van der Waals surface area contributed by atoms with Crippen LogP contribution in [0, 0.1) is 0 Å². The van der Waals surface area contributed by atoms with Crippen molar-refractivity contribution >= 4 is 0 Å². The fraction of sp³-hybridized carbons (Fsp3) is 0.429. The molecule has 0 radical (unpaired) electrons. The van der Waals surface area contributed by atoms with Gasteiger partial charge in [-0.15, -0.1) is 0 Å². The summed E-state index contributed by atoms with van der Waals surface area (Å²) in [6.45, 7) is 4.55. The van der Waals surface area contributed by atoms with Gasteiger partial charge in [-0.05, 0) is 41.3 Å². The lowest BCUT2D eigenvalue weighted by molar-refractivity contribution is 0.133. The van der Waals surface area contributed by atoms with Crippen molar-refractivity contribution in [2.75, 3.05) is 27.6 Å². The molecule has 3 aliphatic heterocycles. The molecule has 5 nitrogen and oxygen atoms in total. The van der Waals surface area contributed by atoms with Crippen LogP contribution in [0.2, 0.25) is 0 Å². The number of ether oxygens (including phenoxy) is 4. The highest BCUT2D eigenvalue weighted by atomic mass is 16.7. The molecule has 0 fully saturated rings. The molecule has 5 rings (SSSR count). The van der Waals surface area contributed by atoms with Crippen LogP contribution in [0.3, 0.4) is 0 Å². The Morgan fingerprint density at radius 3 is 2.65 bits per heavy atom. The summed E-state index contributed by atoms with van der Waals surface area (Å²) in [6.07, 6.45) is 1.01. The zero-order valence-electron chi connectivity index (χ0n) is 15.4. The fourth-order valence-electron chi connectivity index (χ4n) is 4.80. The molecule has 0 spiro atoms. The van der Waals surface area contributed by atoms with Crippen LogP contribution in [0.4, 0.5) is 0 Å². The second-order valence-corrected chi connectivity index (χ2v) is 7.23. The largest absolute Gasteiger partial charge is 0.493 e. The van der Waals surface area contributed by atoms with Gasteiger partial charge in [-0.1, -0.05) is 13.0 Å². The van der Waals surface area contributed by atoms with E-state index in [1.165, 1.54) is 22.3 Å². The van der Waals surface area contributed by atoms with Crippen LogP contribution in [0.1, 0.15) is 41.1 Å². The quantitative estimate of drug-likeness (QED) is 0.824. The summed E-state index contributed by atoms with van der Waals surface area (Å²) in [5.74, 6) is 3.79. The molecule has 5 heteroatoms. The summed E-state index contributed by atoms with van der Waals surface area (Å²) in [6, 6.07) is 8.91. The molecular weight excluding hydrogens is 330 g/mol. The second-order valence-electron chi connectivity index (χ2n) is 7.23. The van der Waals surface area contributed by atoms with E-state index in [-0.39, 0.29) is 0 Å². The fourth-order valence-corrected chi connectivity index (χ4v) is 4.80. The average Bonchev–Trinajstić information content (AvgIpc) is 3.15. The van der Waals surface area contributed by atoms with Gasteiger partial charge in [-0.25, -0.2) is 0 Å². The van der Waals surface area contributed by atoms with Crippen LogP contribution in [-0.2, 0) is 13.0 Å². The number of rotatable bonds is 2. The number of hydrogen-bond donors (Lipinski definition) is 0. The van der Waals surface area contributed by atoms with Gasteiger partial charge in [-0.3, -0.25) is 4.90 Å². The van der Waals surface area contributed by atoms with E-state index in [1.807, 2.05) is 6.07 Å². The van der Waals surface area contributed by atoms with Gasteiger partial charge in [0.05, 0.1) is 14.2 Å². The van der Waals surface area contributed by atoms with Crippen molar-refractivity contribution in [1.82, 2.24) is 4.90 Å². The number of nitrogens with zero attached hydrogens (tertiary/aromatic N) is 1. The lowest BCUT2D eigenvalue weighted by atomic mass is 9.77. The van der Waals surface area contributed by atoms with E-state index in [9.17, 15) is 0 Å². The van der Waals surface area contributed by atoms with Gasteiger partial charge in [0.2, 0.25) is 6.79 Å². The summed E-state index contributed by atoms with van der Waals surface area (Å²) in [5, 5.41) is 0. The Morgan fingerprint density at radius 1 is 1.04 bits per heavy atom. The third kappa shape index (κ3) is 2.13. The first-order chi connectivity index (χ1) is 12.7. The van der Waals surface area contributed by atoms with Crippen molar-refractivity contribution < 1.29 is 18.9 Å². The first-order valence-electron chi connectivity index (χ1n) is 9.11. The molecular formula is C21H23NO4. The minimum atomic E-state index is 0.323. The van der Waals surface area contributed by atoms with Gasteiger partial charge in [0, 0.05) is 30.6 Å². The van der Waals surface area contributed by atoms with E-state index in [2.05, 4.69) is 30.0 Å². The number of fused-ring (bicyclic) bond motifs is 6. The summed E-state index contributed by atoms with van der Waals surface area (Å²) in [7, 11) is 3.40. The van der Waals surface area contributed by atoms with Gasteiger partial charge >= 0.3 is 0 Å². The molecule has 0 aromatic heterocycles. The molecule has 0 saturated heterocycles. The highest BCUT2D eigenvalue weighted by molar-refractivity contribution is 5.56. The Balaban J connectivity index is 1.62. The lowest BCUT2D eigenvalue weighted by Crippen LogP contribution is -2.41. The first kappa shape index (κ1) is 15.8. The summed E-state index contributed by atoms with van der Waals surface area (Å²) in [5.41, 5.74) is 5.36. The molecule has 2 unspecified atom stereocenters. The maximum atomic E-state index is 5.78. The third-order valence-corrected chi connectivity index (χ3v) is 6.03. The molecule has 136 valence electrons. The molecule has 2 atom stereocenters. The van der Waals surface area contributed by atoms with Crippen LogP contribution in [0.5, 0.6) is 23.0 Å². The first-order valence-corrected chi connectivity index (χ1v) is 9.11. The molecule has 0 bridgehead atoms. The summed E-state index contributed by atoms with van der Waals surface area (Å²) < 4.78 is 22.4. The molecule has 0 N–H and O–H groups in total. The zero-order valence-corrected chi connectivity index (χ0v) is 15.4. The summed E-state index contributed by atoms with van der Waals surface area (Å²) in [4.78, 5) is 2.56. The molecule has 3 aliphatic rings. The van der Waals surface area contributed by atoms with Crippen molar-refractivity contribution in [3.8, 4) is 23.0 Å². The van der Waals surface area contributed by atoms with Crippen molar-refractivity contribution in [3.63, 3.8) is 0 Å². The Morgan fingerprint density at radius 2 is 1.85 bits per heavy atom. The average molecular weight is 353 g/mol. The molecule has 0 saturated carbocycles. The number of benzene rings is 2. The van der Waals surface area contributed by atoms with E-state index in [4.69, 9.17) is 18.9 Å². The smallest absolute Gasteiger partial charge is 0.231 e. The Kier molecular flexibility index (Phi) is 3.54. The van der Waals surface area contributed by atoms with Gasteiger partial charge in [-0.2, -0.15) is 0 Å². The van der Waals surface area contributed by atoms with Crippen LogP contribution in [-0.4, -0.2) is 32.5 Å².